The van der Waals surface area contributed by atoms with Gasteiger partial charge >= 0.3 is 0 Å². The Morgan fingerprint density at radius 2 is 1.89 bits per heavy atom. The lowest BCUT2D eigenvalue weighted by atomic mass is 10.1. The van der Waals surface area contributed by atoms with Crippen LogP contribution in [0.4, 0.5) is 14.5 Å². The maximum atomic E-state index is 13.7. The van der Waals surface area contributed by atoms with Crippen molar-refractivity contribution >= 4 is 23.4 Å². The van der Waals surface area contributed by atoms with Crippen molar-refractivity contribution in [2.75, 3.05) is 5.32 Å². The van der Waals surface area contributed by atoms with Crippen molar-refractivity contribution < 1.29 is 13.6 Å². The monoisotopic (exact) mass is 389 g/mol. The van der Waals surface area contributed by atoms with Crippen LogP contribution < -0.4 is 5.32 Å². The number of nitrogens with one attached hydrogen (secondary N) is 1. The standard InChI is InChI=1S/C18H17F2N5OS/c1-10-5-4-6-11(2)16(10)25-18(22-23-24-25)27-12(3)17(26)21-15-9-13(19)7-8-14(15)20/h4-9,12H,1-3H3,(H,21,26)/t12-/m0/s1. The third-order valence-corrected chi connectivity index (χ3v) is 4.96. The number of benzene rings is 2. The molecule has 0 radical (unpaired) electrons. The minimum atomic E-state index is -0.706. The summed E-state index contributed by atoms with van der Waals surface area (Å²) < 4.78 is 28.6. The largest absolute Gasteiger partial charge is 0.323 e. The van der Waals surface area contributed by atoms with Gasteiger partial charge in [0.15, 0.2) is 0 Å². The molecule has 1 amide bonds. The van der Waals surface area contributed by atoms with E-state index in [1.165, 1.54) is 0 Å². The van der Waals surface area contributed by atoms with Crippen LogP contribution in [0.3, 0.4) is 0 Å². The molecule has 3 aromatic rings. The third kappa shape index (κ3) is 4.13. The Hall–Kier alpha value is -2.81. The lowest BCUT2D eigenvalue weighted by Gasteiger charge is -2.14. The topological polar surface area (TPSA) is 72.7 Å². The van der Waals surface area contributed by atoms with E-state index >= 15 is 0 Å². The zero-order valence-electron chi connectivity index (χ0n) is 14.9. The van der Waals surface area contributed by atoms with Crippen LogP contribution in [0.1, 0.15) is 18.1 Å². The highest BCUT2D eigenvalue weighted by Gasteiger charge is 2.21. The number of carbonyl (C=O) groups is 1. The molecule has 0 aliphatic heterocycles. The molecule has 6 nitrogen and oxygen atoms in total. The molecule has 9 heteroatoms. The average Bonchev–Trinajstić information content (AvgIpc) is 3.05. The maximum Gasteiger partial charge on any atom is 0.237 e. The second-order valence-corrected chi connectivity index (χ2v) is 7.30. The first-order chi connectivity index (χ1) is 12.9. The third-order valence-electron chi connectivity index (χ3n) is 3.93. The molecule has 1 N–H and O–H groups in total. The first-order valence-corrected chi connectivity index (χ1v) is 9.02. The zero-order valence-corrected chi connectivity index (χ0v) is 15.7. The van der Waals surface area contributed by atoms with Crippen molar-refractivity contribution in [1.29, 1.82) is 0 Å². The number of tetrazole rings is 1. The van der Waals surface area contributed by atoms with Crippen LogP contribution in [0.25, 0.3) is 5.69 Å². The van der Waals surface area contributed by atoms with Gasteiger partial charge in [0.2, 0.25) is 11.1 Å². The highest BCUT2D eigenvalue weighted by atomic mass is 32.2. The lowest BCUT2D eigenvalue weighted by molar-refractivity contribution is -0.115. The molecule has 0 bridgehead atoms. The van der Waals surface area contributed by atoms with E-state index in [4.69, 9.17) is 0 Å². The van der Waals surface area contributed by atoms with Crippen molar-refractivity contribution in [3.8, 4) is 5.69 Å². The highest BCUT2D eigenvalue weighted by molar-refractivity contribution is 8.00. The molecule has 0 aliphatic rings. The number of hydrogen-bond acceptors (Lipinski definition) is 5. The Morgan fingerprint density at radius 1 is 1.19 bits per heavy atom. The van der Waals surface area contributed by atoms with Crippen LogP contribution in [0.2, 0.25) is 0 Å². The Morgan fingerprint density at radius 3 is 2.59 bits per heavy atom. The number of amides is 1. The molecule has 1 atom stereocenters. The molecular weight excluding hydrogens is 372 g/mol. The number of rotatable bonds is 5. The maximum absolute atomic E-state index is 13.7. The van der Waals surface area contributed by atoms with Gasteiger partial charge in [-0.15, -0.1) is 5.10 Å². The lowest BCUT2D eigenvalue weighted by Crippen LogP contribution is -2.23. The average molecular weight is 389 g/mol. The second kappa shape index (κ2) is 7.83. The summed E-state index contributed by atoms with van der Waals surface area (Å²) in [5.74, 6) is -1.83. The van der Waals surface area contributed by atoms with Crippen molar-refractivity contribution in [1.82, 2.24) is 20.2 Å². The van der Waals surface area contributed by atoms with Crippen molar-refractivity contribution in [3.63, 3.8) is 0 Å². The van der Waals surface area contributed by atoms with Gasteiger partial charge in [0, 0.05) is 6.07 Å². The molecule has 27 heavy (non-hydrogen) atoms. The number of aromatic nitrogens is 4. The van der Waals surface area contributed by atoms with Gasteiger partial charge in [-0.05, 0) is 54.5 Å². The Bertz CT molecular complexity index is 971. The normalized spacial score (nSPS) is 12.0. The molecule has 0 fully saturated rings. The van der Waals surface area contributed by atoms with E-state index in [-0.39, 0.29) is 5.69 Å². The van der Waals surface area contributed by atoms with E-state index in [0.717, 1.165) is 46.8 Å². The van der Waals surface area contributed by atoms with Gasteiger partial charge in [0.1, 0.15) is 11.6 Å². The van der Waals surface area contributed by atoms with E-state index in [2.05, 4.69) is 20.8 Å². The minimum Gasteiger partial charge on any atom is -0.323 e. The molecule has 140 valence electrons. The van der Waals surface area contributed by atoms with Crippen molar-refractivity contribution in [3.05, 3.63) is 59.2 Å². The quantitative estimate of drug-likeness (QED) is 0.674. The summed E-state index contributed by atoms with van der Waals surface area (Å²) in [7, 11) is 0. The number of carbonyl (C=O) groups excluding carboxylic acids is 1. The predicted octanol–water partition coefficient (Wildman–Crippen LogP) is 3.68. The molecule has 0 unspecified atom stereocenters. The van der Waals surface area contributed by atoms with Gasteiger partial charge < -0.3 is 5.32 Å². The number of para-hydroxylation sites is 1. The number of nitrogens with zero attached hydrogens (tertiary/aromatic N) is 4. The SMILES string of the molecule is Cc1cccc(C)c1-n1nnnc1S[C@@H](C)C(=O)Nc1cc(F)ccc1F. The van der Waals surface area contributed by atoms with Gasteiger partial charge in [0.25, 0.3) is 0 Å². The van der Waals surface area contributed by atoms with Crippen LogP contribution in [0.5, 0.6) is 0 Å². The summed E-state index contributed by atoms with van der Waals surface area (Å²) in [6.45, 7) is 5.53. The van der Waals surface area contributed by atoms with Crippen LogP contribution in [0.15, 0.2) is 41.6 Å². The van der Waals surface area contributed by atoms with Gasteiger partial charge in [-0.1, -0.05) is 30.0 Å². The van der Waals surface area contributed by atoms with Crippen LogP contribution >= 0.6 is 11.8 Å². The van der Waals surface area contributed by atoms with Crippen molar-refractivity contribution in [2.45, 2.75) is 31.2 Å². The first kappa shape index (κ1) is 19.0. The summed E-state index contributed by atoms with van der Waals surface area (Å²) in [5.41, 5.74) is 2.61. The fraction of sp³-hybridized carbons (Fsp3) is 0.222. The molecule has 0 spiro atoms. The Kier molecular flexibility index (Phi) is 5.50. The number of aryl methyl sites for hydroxylation is 2. The summed E-state index contributed by atoms with van der Waals surface area (Å²) in [5, 5.41) is 13.9. The first-order valence-electron chi connectivity index (χ1n) is 8.14. The predicted molar refractivity (Wildman–Crippen MR) is 98.9 cm³/mol. The molecule has 1 aromatic heterocycles. The van der Waals surface area contributed by atoms with E-state index in [1.54, 1.807) is 11.6 Å². The molecule has 1 heterocycles. The van der Waals surface area contributed by atoms with Gasteiger partial charge in [-0.2, -0.15) is 4.68 Å². The van der Waals surface area contributed by atoms with Crippen LogP contribution in [-0.2, 0) is 4.79 Å². The fourth-order valence-electron chi connectivity index (χ4n) is 2.57. The summed E-state index contributed by atoms with van der Waals surface area (Å²) >= 11 is 1.13. The molecule has 3 rings (SSSR count). The number of hydrogen-bond donors (Lipinski definition) is 1. The van der Waals surface area contributed by atoms with Gasteiger partial charge in [-0.3, -0.25) is 4.79 Å². The summed E-state index contributed by atoms with van der Waals surface area (Å²) in [6, 6.07) is 8.72. The van der Waals surface area contributed by atoms with Crippen molar-refractivity contribution in [2.24, 2.45) is 0 Å². The molecule has 0 aliphatic carbocycles. The van der Waals surface area contributed by atoms with E-state index in [9.17, 15) is 13.6 Å². The Labute approximate surface area is 159 Å². The summed E-state index contributed by atoms with van der Waals surface area (Å²) in [4.78, 5) is 12.4. The molecule has 0 saturated carbocycles. The van der Waals surface area contributed by atoms with Gasteiger partial charge in [0.05, 0.1) is 16.6 Å². The number of thioether (sulfide) groups is 1. The molecule has 2 aromatic carbocycles. The number of anilines is 1. The fourth-order valence-corrected chi connectivity index (χ4v) is 3.37. The minimum absolute atomic E-state index is 0.207. The number of halogens is 2. The van der Waals surface area contributed by atoms with E-state index < -0.39 is 22.8 Å². The molecular formula is C18H17F2N5OS. The molecule has 0 saturated heterocycles. The summed E-state index contributed by atoms with van der Waals surface area (Å²) in [6.07, 6.45) is 0. The zero-order chi connectivity index (χ0) is 19.6. The smallest absolute Gasteiger partial charge is 0.237 e. The Balaban J connectivity index is 1.79. The highest BCUT2D eigenvalue weighted by Crippen LogP contribution is 2.27. The second-order valence-electron chi connectivity index (χ2n) is 5.99. The van der Waals surface area contributed by atoms with Crippen LogP contribution in [0, 0.1) is 25.5 Å². The van der Waals surface area contributed by atoms with E-state index in [0.29, 0.717) is 5.16 Å². The van der Waals surface area contributed by atoms with E-state index in [1.807, 2.05) is 32.0 Å². The van der Waals surface area contributed by atoms with Crippen LogP contribution in [-0.4, -0.2) is 31.4 Å². The van der Waals surface area contributed by atoms with Gasteiger partial charge in [-0.25, -0.2) is 8.78 Å².